The molecule has 0 bridgehead atoms. The van der Waals surface area contributed by atoms with Crippen LogP contribution in [0.1, 0.15) is 26.2 Å². The number of anilines is 2. The summed E-state index contributed by atoms with van der Waals surface area (Å²) in [5, 5.41) is 3.48. The zero-order chi connectivity index (χ0) is 14.4. The Morgan fingerprint density at radius 3 is 2.80 bits per heavy atom. The summed E-state index contributed by atoms with van der Waals surface area (Å²) in [6.07, 6.45) is 3.89. The van der Waals surface area contributed by atoms with Gasteiger partial charge in [0.1, 0.15) is 5.75 Å². The van der Waals surface area contributed by atoms with Gasteiger partial charge in [0.25, 0.3) is 0 Å². The van der Waals surface area contributed by atoms with Crippen molar-refractivity contribution in [3.63, 3.8) is 0 Å². The highest BCUT2D eigenvalue weighted by Crippen LogP contribution is 2.26. The lowest BCUT2D eigenvalue weighted by molar-refractivity contribution is 0.215. The van der Waals surface area contributed by atoms with Crippen LogP contribution in [0.4, 0.5) is 11.4 Å². The molecule has 1 aliphatic rings. The maximum atomic E-state index is 5.88. The van der Waals surface area contributed by atoms with Gasteiger partial charge < -0.3 is 20.7 Å². The molecule has 0 radical (unpaired) electrons. The third-order valence-corrected chi connectivity index (χ3v) is 4.03. The number of hydrogen-bond donors (Lipinski definition) is 2. The van der Waals surface area contributed by atoms with E-state index in [-0.39, 0.29) is 0 Å². The second-order valence-electron chi connectivity index (χ2n) is 5.65. The Balaban J connectivity index is 1.77. The van der Waals surface area contributed by atoms with Crippen molar-refractivity contribution in [1.29, 1.82) is 0 Å². The standard InChI is InChI=1S/C16H27N3O/c1-3-20-16-12-14(4-5-15(16)17)18-9-6-13-7-10-19(2)11-8-13/h4-5,12-13,18H,3,6-11,17H2,1-2H3. The van der Waals surface area contributed by atoms with Crippen LogP contribution in [0.2, 0.25) is 0 Å². The average Bonchev–Trinajstić information content (AvgIpc) is 2.45. The number of hydrogen-bond acceptors (Lipinski definition) is 4. The molecular formula is C16H27N3O. The molecule has 1 fully saturated rings. The normalized spacial score (nSPS) is 17.1. The second-order valence-corrected chi connectivity index (χ2v) is 5.65. The van der Waals surface area contributed by atoms with Gasteiger partial charge in [-0.05, 0) is 64.4 Å². The SMILES string of the molecule is CCOc1cc(NCCC2CCN(C)CC2)ccc1N. The molecule has 1 aromatic carbocycles. The maximum Gasteiger partial charge on any atom is 0.144 e. The van der Waals surface area contributed by atoms with E-state index in [1.54, 1.807) is 0 Å². The summed E-state index contributed by atoms with van der Waals surface area (Å²) in [6, 6.07) is 5.92. The molecule has 0 spiro atoms. The van der Waals surface area contributed by atoms with Gasteiger partial charge in [0.05, 0.1) is 12.3 Å². The first-order valence-corrected chi connectivity index (χ1v) is 7.63. The van der Waals surface area contributed by atoms with Crippen LogP contribution >= 0.6 is 0 Å². The predicted octanol–water partition coefficient (Wildman–Crippen LogP) is 2.81. The highest BCUT2D eigenvalue weighted by molar-refractivity contribution is 5.61. The van der Waals surface area contributed by atoms with Crippen LogP contribution in [0, 0.1) is 5.92 Å². The summed E-state index contributed by atoms with van der Waals surface area (Å²) in [7, 11) is 2.21. The summed E-state index contributed by atoms with van der Waals surface area (Å²) in [4.78, 5) is 2.41. The fraction of sp³-hybridized carbons (Fsp3) is 0.625. The van der Waals surface area contributed by atoms with E-state index >= 15 is 0 Å². The van der Waals surface area contributed by atoms with E-state index in [1.807, 2.05) is 25.1 Å². The molecule has 0 aliphatic carbocycles. The predicted molar refractivity (Wildman–Crippen MR) is 85.4 cm³/mol. The molecule has 1 heterocycles. The number of nitrogen functional groups attached to an aromatic ring is 1. The van der Waals surface area contributed by atoms with Crippen LogP contribution in [0.5, 0.6) is 5.75 Å². The van der Waals surface area contributed by atoms with Crippen LogP contribution < -0.4 is 15.8 Å². The van der Waals surface area contributed by atoms with Crippen molar-refractivity contribution < 1.29 is 4.74 Å². The molecule has 4 heteroatoms. The summed E-state index contributed by atoms with van der Waals surface area (Å²) in [5.41, 5.74) is 7.67. The molecule has 1 aliphatic heterocycles. The molecule has 4 nitrogen and oxygen atoms in total. The molecule has 0 saturated carbocycles. The van der Waals surface area contributed by atoms with Crippen molar-refractivity contribution in [2.75, 3.05) is 44.3 Å². The van der Waals surface area contributed by atoms with Crippen molar-refractivity contribution in [3.05, 3.63) is 18.2 Å². The fourth-order valence-electron chi connectivity index (χ4n) is 2.70. The van der Waals surface area contributed by atoms with Gasteiger partial charge in [0.15, 0.2) is 0 Å². The third-order valence-electron chi connectivity index (χ3n) is 4.03. The molecule has 1 aromatic rings. The molecule has 0 aromatic heterocycles. The van der Waals surface area contributed by atoms with Crippen LogP contribution in [0.15, 0.2) is 18.2 Å². The van der Waals surface area contributed by atoms with Crippen LogP contribution in [-0.4, -0.2) is 38.2 Å². The lowest BCUT2D eigenvalue weighted by Crippen LogP contribution is -2.30. The van der Waals surface area contributed by atoms with Gasteiger partial charge in [0, 0.05) is 18.3 Å². The number of piperidine rings is 1. The van der Waals surface area contributed by atoms with Crippen LogP contribution in [-0.2, 0) is 0 Å². The Labute approximate surface area is 122 Å². The van der Waals surface area contributed by atoms with E-state index in [9.17, 15) is 0 Å². The number of nitrogens with two attached hydrogens (primary N) is 1. The van der Waals surface area contributed by atoms with E-state index < -0.39 is 0 Å². The van der Waals surface area contributed by atoms with Gasteiger partial charge in [-0.15, -0.1) is 0 Å². The highest BCUT2D eigenvalue weighted by Gasteiger charge is 2.15. The van der Waals surface area contributed by atoms with Gasteiger partial charge in [-0.2, -0.15) is 0 Å². The van der Waals surface area contributed by atoms with Gasteiger partial charge in [-0.3, -0.25) is 0 Å². The molecule has 112 valence electrons. The average molecular weight is 277 g/mol. The molecule has 0 atom stereocenters. The van der Waals surface area contributed by atoms with Crippen molar-refractivity contribution >= 4 is 11.4 Å². The third kappa shape index (κ3) is 4.30. The summed E-state index contributed by atoms with van der Waals surface area (Å²) < 4.78 is 5.51. The lowest BCUT2D eigenvalue weighted by atomic mass is 9.94. The summed E-state index contributed by atoms with van der Waals surface area (Å²) >= 11 is 0. The molecule has 3 N–H and O–H groups in total. The lowest BCUT2D eigenvalue weighted by Gasteiger charge is -2.29. The van der Waals surface area contributed by atoms with E-state index in [2.05, 4.69) is 17.3 Å². The van der Waals surface area contributed by atoms with Crippen molar-refractivity contribution in [2.24, 2.45) is 5.92 Å². The first-order chi connectivity index (χ1) is 9.69. The quantitative estimate of drug-likeness (QED) is 0.785. The minimum absolute atomic E-state index is 0.642. The Morgan fingerprint density at radius 1 is 1.35 bits per heavy atom. The van der Waals surface area contributed by atoms with E-state index in [4.69, 9.17) is 10.5 Å². The Kier molecular flexibility index (Phi) is 5.53. The molecule has 1 saturated heterocycles. The number of nitrogens with one attached hydrogen (secondary N) is 1. The second kappa shape index (κ2) is 7.39. The number of rotatable bonds is 6. The topological polar surface area (TPSA) is 50.5 Å². The Morgan fingerprint density at radius 2 is 2.10 bits per heavy atom. The zero-order valence-electron chi connectivity index (χ0n) is 12.7. The molecule has 20 heavy (non-hydrogen) atoms. The molecule has 2 rings (SSSR count). The van der Waals surface area contributed by atoms with E-state index in [0.29, 0.717) is 12.3 Å². The monoisotopic (exact) mass is 277 g/mol. The number of benzene rings is 1. The molecule has 0 amide bonds. The first kappa shape index (κ1) is 15.0. The van der Waals surface area contributed by atoms with E-state index in [1.165, 1.54) is 32.4 Å². The summed E-state index contributed by atoms with van der Waals surface area (Å²) in [6.45, 7) is 6.11. The largest absolute Gasteiger partial charge is 0.492 e. The van der Waals surface area contributed by atoms with Gasteiger partial charge >= 0.3 is 0 Å². The Bertz CT molecular complexity index is 414. The minimum Gasteiger partial charge on any atom is -0.492 e. The number of likely N-dealkylation sites (tertiary alicyclic amines) is 1. The smallest absolute Gasteiger partial charge is 0.144 e. The van der Waals surface area contributed by atoms with Crippen LogP contribution in [0.25, 0.3) is 0 Å². The van der Waals surface area contributed by atoms with Crippen molar-refractivity contribution in [3.8, 4) is 5.75 Å². The maximum absolute atomic E-state index is 5.88. The molecular weight excluding hydrogens is 250 g/mol. The fourth-order valence-corrected chi connectivity index (χ4v) is 2.70. The summed E-state index contributed by atoms with van der Waals surface area (Å²) in [5.74, 6) is 1.63. The number of ether oxygens (including phenoxy) is 1. The minimum atomic E-state index is 0.642. The highest BCUT2D eigenvalue weighted by atomic mass is 16.5. The van der Waals surface area contributed by atoms with Gasteiger partial charge in [-0.25, -0.2) is 0 Å². The van der Waals surface area contributed by atoms with Crippen LogP contribution in [0.3, 0.4) is 0 Å². The first-order valence-electron chi connectivity index (χ1n) is 7.63. The van der Waals surface area contributed by atoms with Gasteiger partial charge in [0.2, 0.25) is 0 Å². The van der Waals surface area contributed by atoms with E-state index in [0.717, 1.165) is 23.9 Å². The van der Waals surface area contributed by atoms with Gasteiger partial charge in [-0.1, -0.05) is 0 Å². The van der Waals surface area contributed by atoms with Crippen molar-refractivity contribution in [1.82, 2.24) is 4.90 Å². The molecule has 0 unspecified atom stereocenters. The number of nitrogens with zero attached hydrogens (tertiary/aromatic N) is 1. The van der Waals surface area contributed by atoms with Crippen molar-refractivity contribution in [2.45, 2.75) is 26.2 Å². The zero-order valence-corrected chi connectivity index (χ0v) is 12.7. The Hall–Kier alpha value is -1.42.